The Labute approximate surface area is 86.2 Å². The molecule has 0 saturated heterocycles. The number of aliphatic hydroxyl groups excluding tert-OH is 1. The highest BCUT2D eigenvalue weighted by atomic mass is 32.2. The van der Waals surface area contributed by atoms with Gasteiger partial charge in [-0.2, -0.15) is 0 Å². The maximum Gasteiger partial charge on any atom is 0.119 e. The highest BCUT2D eigenvalue weighted by molar-refractivity contribution is 8.09. The summed E-state index contributed by atoms with van der Waals surface area (Å²) in [6, 6.07) is 10.1. The van der Waals surface area contributed by atoms with Gasteiger partial charge in [0.2, 0.25) is 0 Å². The van der Waals surface area contributed by atoms with E-state index in [0.717, 1.165) is 0 Å². The molecule has 1 aromatic rings. The van der Waals surface area contributed by atoms with Gasteiger partial charge in [0.25, 0.3) is 0 Å². The zero-order valence-corrected chi connectivity index (χ0v) is 8.59. The van der Waals surface area contributed by atoms with Gasteiger partial charge in [0, 0.05) is 0 Å². The van der Waals surface area contributed by atoms with Crippen LogP contribution in [0.1, 0.15) is 10.8 Å². The van der Waals surface area contributed by atoms with Gasteiger partial charge >= 0.3 is 0 Å². The van der Waals surface area contributed by atoms with Crippen molar-refractivity contribution in [2.75, 3.05) is 0 Å². The van der Waals surface area contributed by atoms with E-state index in [9.17, 15) is 5.11 Å². The first kappa shape index (κ1) is 9.19. The summed E-state index contributed by atoms with van der Waals surface area (Å²) in [6.07, 6.45) is 0. The minimum atomic E-state index is -0.322. The molecule has 2 atom stereocenters. The predicted octanol–water partition coefficient (Wildman–Crippen LogP) is 3.00. The van der Waals surface area contributed by atoms with Crippen molar-refractivity contribution in [2.24, 2.45) is 0 Å². The molecule has 0 aliphatic carbocycles. The summed E-state index contributed by atoms with van der Waals surface area (Å²) in [5.74, 6) is 0. The van der Waals surface area contributed by atoms with Gasteiger partial charge in [-0.05, 0) is 16.4 Å². The van der Waals surface area contributed by atoms with E-state index in [1.807, 2.05) is 29.0 Å². The molecule has 1 aliphatic rings. The van der Waals surface area contributed by atoms with E-state index in [2.05, 4.69) is 12.1 Å². The first-order valence-electron chi connectivity index (χ1n) is 4.07. The third kappa shape index (κ3) is 2.10. The fraction of sp³-hybridized carbons (Fsp3) is 0.200. The predicted molar refractivity (Wildman–Crippen MR) is 59.5 cm³/mol. The molecule has 0 bridgehead atoms. The monoisotopic (exact) mass is 210 g/mol. The van der Waals surface area contributed by atoms with Crippen LogP contribution in [0, 0.1) is 0 Å². The Bertz CT molecular complexity index is 297. The van der Waals surface area contributed by atoms with E-state index in [-0.39, 0.29) is 10.7 Å². The fourth-order valence-corrected chi connectivity index (χ4v) is 3.23. The fourth-order valence-electron chi connectivity index (χ4n) is 1.25. The maximum atomic E-state index is 9.71. The summed E-state index contributed by atoms with van der Waals surface area (Å²) in [7, 11) is 0. The van der Waals surface area contributed by atoms with E-state index in [1.165, 1.54) is 17.3 Å². The van der Waals surface area contributed by atoms with E-state index in [1.54, 1.807) is 11.8 Å². The number of benzene rings is 1. The quantitative estimate of drug-likeness (QED) is 0.769. The third-order valence-electron chi connectivity index (χ3n) is 1.89. The van der Waals surface area contributed by atoms with Gasteiger partial charge in [-0.1, -0.05) is 30.3 Å². The van der Waals surface area contributed by atoms with Crippen molar-refractivity contribution in [3.63, 3.8) is 0 Å². The van der Waals surface area contributed by atoms with Gasteiger partial charge in [-0.25, -0.2) is 0 Å². The SMILES string of the molecule is OC1SC=CSC1c1ccccc1. The molecule has 1 nitrogen and oxygen atoms in total. The summed E-state index contributed by atoms with van der Waals surface area (Å²) in [5, 5.41) is 13.9. The average Bonchev–Trinajstić information content (AvgIpc) is 2.20. The van der Waals surface area contributed by atoms with Gasteiger partial charge in [0.1, 0.15) is 5.44 Å². The molecule has 0 radical (unpaired) electrons. The maximum absolute atomic E-state index is 9.71. The molecular weight excluding hydrogens is 200 g/mol. The lowest BCUT2D eigenvalue weighted by molar-refractivity contribution is 0.261. The van der Waals surface area contributed by atoms with Gasteiger partial charge in [0.05, 0.1) is 5.25 Å². The van der Waals surface area contributed by atoms with Crippen molar-refractivity contribution in [2.45, 2.75) is 10.7 Å². The molecule has 0 spiro atoms. The van der Waals surface area contributed by atoms with E-state index < -0.39 is 0 Å². The summed E-state index contributed by atoms with van der Waals surface area (Å²) in [5.41, 5.74) is 0.870. The van der Waals surface area contributed by atoms with Crippen LogP contribution in [0.5, 0.6) is 0 Å². The van der Waals surface area contributed by atoms with Crippen molar-refractivity contribution >= 4 is 23.5 Å². The second kappa shape index (κ2) is 4.22. The first-order chi connectivity index (χ1) is 6.38. The van der Waals surface area contributed by atoms with Crippen molar-refractivity contribution in [3.05, 3.63) is 46.7 Å². The molecule has 0 amide bonds. The third-order valence-corrected chi connectivity index (χ3v) is 4.19. The van der Waals surface area contributed by atoms with Crippen LogP contribution in [0.15, 0.2) is 41.1 Å². The van der Waals surface area contributed by atoms with E-state index in [0.29, 0.717) is 0 Å². The largest absolute Gasteiger partial charge is 0.381 e. The first-order valence-corrected chi connectivity index (χ1v) is 5.95. The van der Waals surface area contributed by atoms with Crippen LogP contribution in [0.4, 0.5) is 0 Å². The minimum Gasteiger partial charge on any atom is -0.381 e. The molecule has 0 saturated carbocycles. The van der Waals surface area contributed by atoms with Gasteiger partial charge in [-0.3, -0.25) is 0 Å². The number of thioether (sulfide) groups is 2. The van der Waals surface area contributed by atoms with Crippen LogP contribution >= 0.6 is 23.5 Å². The molecule has 0 fully saturated rings. The molecule has 0 aromatic heterocycles. The Kier molecular flexibility index (Phi) is 2.98. The van der Waals surface area contributed by atoms with Crippen molar-refractivity contribution in [1.29, 1.82) is 0 Å². The van der Waals surface area contributed by atoms with Crippen LogP contribution in [-0.4, -0.2) is 10.5 Å². The standard InChI is InChI=1S/C10H10OS2/c11-10-9(12-6-7-13-10)8-4-2-1-3-5-8/h1-7,9-11H. The van der Waals surface area contributed by atoms with E-state index >= 15 is 0 Å². The molecule has 68 valence electrons. The minimum absolute atomic E-state index is 0.177. The molecule has 1 aromatic carbocycles. The van der Waals surface area contributed by atoms with E-state index in [4.69, 9.17) is 0 Å². The van der Waals surface area contributed by atoms with Gasteiger partial charge < -0.3 is 5.11 Å². The summed E-state index contributed by atoms with van der Waals surface area (Å²) in [6.45, 7) is 0. The summed E-state index contributed by atoms with van der Waals surface area (Å²) in [4.78, 5) is 0. The number of hydrogen-bond acceptors (Lipinski definition) is 3. The Morgan fingerprint density at radius 3 is 2.38 bits per heavy atom. The zero-order chi connectivity index (χ0) is 9.10. The molecule has 1 N–H and O–H groups in total. The highest BCUT2D eigenvalue weighted by Gasteiger charge is 2.22. The molecular formula is C10H10OS2. The smallest absolute Gasteiger partial charge is 0.119 e. The van der Waals surface area contributed by atoms with Crippen LogP contribution in [0.2, 0.25) is 0 Å². The van der Waals surface area contributed by atoms with Crippen LogP contribution in [-0.2, 0) is 0 Å². The lowest BCUT2D eigenvalue weighted by Gasteiger charge is -2.22. The number of hydrogen-bond donors (Lipinski definition) is 1. The van der Waals surface area contributed by atoms with Crippen LogP contribution in [0.3, 0.4) is 0 Å². The molecule has 1 heterocycles. The van der Waals surface area contributed by atoms with Crippen LogP contribution in [0.25, 0.3) is 0 Å². The van der Waals surface area contributed by atoms with Crippen molar-refractivity contribution < 1.29 is 5.11 Å². The second-order valence-electron chi connectivity index (χ2n) is 2.77. The van der Waals surface area contributed by atoms with Crippen molar-refractivity contribution in [3.8, 4) is 0 Å². The second-order valence-corrected chi connectivity index (χ2v) is 4.85. The molecule has 3 heteroatoms. The molecule has 2 rings (SSSR count). The van der Waals surface area contributed by atoms with Gasteiger partial charge in [0.15, 0.2) is 0 Å². The number of rotatable bonds is 1. The molecule has 1 aliphatic heterocycles. The lowest BCUT2D eigenvalue weighted by Crippen LogP contribution is -2.12. The topological polar surface area (TPSA) is 20.2 Å². The molecule has 13 heavy (non-hydrogen) atoms. The Hall–Kier alpha value is -0.380. The average molecular weight is 210 g/mol. The van der Waals surface area contributed by atoms with Crippen molar-refractivity contribution in [1.82, 2.24) is 0 Å². The zero-order valence-electron chi connectivity index (χ0n) is 6.96. The number of aliphatic hydroxyl groups is 1. The summed E-state index contributed by atoms with van der Waals surface area (Å²) >= 11 is 3.15. The van der Waals surface area contributed by atoms with Crippen LogP contribution < -0.4 is 0 Å². The summed E-state index contributed by atoms with van der Waals surface area (Å²) < 4.78 is 0. The Morgan fingerprint density at radius 1 is 1.00 bits per heavy atom. The highest BCUT2D eigenvalue weighted by Crippen LogP contribution is 2.41. The Balaban J connectivity index is 2.21. The van der Waals surface area contributed by atoms with Gasteiger partial charge in [-0.15, -0.1) is 23.5 Å². The lowest BCUT2D eigenvalue weighted by atomic mass is 10.1. The Morgan fingerprint density at radius 2 is 1.69 bits per heavy atom. The molecule has 2 unspecified atom stereocenters. The normalized spacial score (nSPS) is 27.5.